The molecule has 0 saturated carbocycles. The Kier molecular flexibility index (Phi) is 8.55. The van der Waals surface area contributed by atoms with Gasteiger partial charge in [0.1, 0.15) is 23.2 Å². The molecule has 1 saturated heterocycles. The number of aromatic nitrogens is 5. The number of aryl methyl sites for hydroxylation is 1. The number of ether oxygens (including phenoxy) is 1. The van der Waals surface area contributed by atoms with Gasteiger partial charge in [-0.3, -0.25) is 9.59 Å². The number of carbonyl (C=O) groups excluding carboxylic acids is 2. The van der Waals surface area contributed by atoms with E-state index in [2.05, 4.69) is 30.7 Å². The van der Waals surface area contributed by atoms with Crippen molar-refractivity contribution in [1.82, 2.24) is 35.4 Å². The number of hydrogen-bond acceptors (Lipinski definition) is 9. The number of aromatic amines is 1. The molecule has 0 spiro atoms. The predicted molar refractivity (Wildman–Crippen MR) is 141 cm³/mol. The first-order valence-electron chi connectivity index (χ1n) is 11.6. The fraction of sp³-hybridized carbons (Fsp3) is 0.455. The van der Waals surface area contributed by atoms with Crippen LogP contribution in [0, 0.1) is 6.92 Å². The lowest BCUT2D eigenvalue weighted by molar-refractivity contribution is 0.0694. The fourth-order valence-electron chi connectivity index (χ4n) is 4.23. The lowest BCUT2D eigenvalue weighted by Crippen LogP contribution is -2.52. The number of nitrogens with zero attached hydrogens (tertiary/aromatic N) is 5. The lowest BCUT2D eigenvalue weighted by Gasteiger charge is -2.38. The summed E-state index contributed by atoms with van der Waals surface area (Å²) in [4.78, 5) is 50.7. The molecule has 0 aromatic carbocycles. The molecule has 0 radical (unpaired) electrons. The van der Waals surface area contributed by atoms with E-state index in [9.17, 15) is 19.5 Å². The van der Waals surface area contributed by atoms with Crippen LogP contribution in [-0.4, -0.2) is 86.5 Å². The molecule has 1 aliphatic heterocycles. The third-order valence-corrected chi connectivity index (χ3v) is 8.10. The van der Waals surface area contributed by atoms with Crippen LogP contribution >= 0.6 is 34.5 Å². The highest BCUT2D eigenvalue weighted by Crippen LogP contribution is 2.33. The van der Waals surface area contributed by atoms with Crippen LogP contribution in [-0.2, 0) is 4.74 Å². The highest BCUT2D eigenvalue weighted by Gasteiger charge is 2.36. The largest absolute Gasteiger partial charge is 0.477 e. The monoisotopic (exact) mass is 584 g/mol. The standard InChI is InChI=1S/C22H26Cl2N8O5S/c1-10(7-37-3)27-20(34)17-18(21(35)36)38-22(30-17)31-5-4-12(13(6-31)32-9-25-8-26-32)29-19(33)16-15(24)14(23)11(2)28-16/h8-10,12-13,28H,4-7H2,1-3H3,(H,27,34)(H,29,33)(H,35,36)/t10-,12?,13?/m0/s1. The minimum absolute atomic E-state index is 0.144. The van der Waals surface area contributed by atoms with Gasteiger partial charge in [0.2, 0.25) is 0 Å². The molecule has 3 atom stereocenters. The Morgan fingerprint density at radius 3 is 2.68 bits per heavy atom. The van der Waals surface area contributed by atoms with Crippen molar-refractivity contribution >= 4 is 57.5 Å². The van der Waals surface area contributed by atoms with Crippen molar-refractivity contribution in [3.8, 4) is 0 Å². The summed E-state index contributed by atoms with van der Waals surface area (Å²) in [6, 6.07) is -1.07. The van der Waals surface area contributed by atoms with E-state index < -0.39 is 17.8 Å². The molecule has 4 N–H and O–H groups in total. The number of rotatable bonds is 9. The number of carboxylic acid groups (broad SMARTS) is 1. The predicted octanol–water partition coefficient (Wildman–Crippen LogP) is 2.39. The molecule has 3 aromatic rings. The van der Waals surface area contributed by atoms with Gasteiger partial charge in [-0.05, 0) is 20.3 Å². The Bertz CT molecular complexity index is 1330. The second-order valence-electron chi connectivity index (χ2n) is 8.82. The van der Waals surface area contributed by atoms with Crippen LogP contribution in [0.4, 0.5) is 5.13 Å². The van der Waals surface area contributed by atoms with E-state index in [1.165, 1.54) is 19.8 Å². The Balaban J connectivity index is 1.56. The number of aromatic carboxylic acids is 1. The van der Waals surface area contributed by atoms with Gasteiger partial charge in [-0.15, -0.1) is 0 Å². The Labute approximate surface area is 231 Å². The molecule has 2 amide bonds. The van der Waals surface area contributed by atoms with Gasteiger partial charge in [0.25, 0.3) is 11.8 Å². The highest BCUT2D eigenvalue weighted by molar-refractivity contribution is 7.17. The van der Waals surface area contributed by atoms with E-state index in [4.69, 9.17) is 27.9 Å². The first-order valence-corrected chi connectivity index (χ1v) is 13.1. The number of piperidine rings is 1. The van der Waals surface area contributed by atoms with Crippen LogP contribution in [0.2, 0.25) is 10.0 Å². The zero-order chi connectivity index (χ0) is 27.6. The third kappa shape index (κ3) is 5.77. The number of hydrogen-bond donors (Lipinski definition) is 4. The molecule has 0 bridgehead atoms. The van der Waals surface area contributed by atoms with Crippen molar-refractivity contribution in [1.29, 1.82) is 0 Å². The van der Waals surface area contributed by atoms with Crippen molar-refractivity contribution in [2.45, 2.75) is 38.4 Å². The lowest BCUT2D eigenvalue weighted by atomic mass is 9.99. The van der Waals surface area contributed by atoms with Crippen LogP contribution in [0.15, 0.2) is 12.7 Å². The molecular weight excluding hydrogens is 559 g/mol. The number of anilines is 1. The molecule has 3 aromatic heterocycles. The fourth-order valence-corrected chi connectivity index (χ4v) is 5.58. The molecule has 4 rings (SSSR count). The SMILES string of the molecule is COC[C@H](C)NC(=O)c1nc(N2CCC(NC(=O)c3[nH]c(C)c(Cl)c3Cl)C(n3cncn3)C2)sc1C(=O)O. The summed E-state index contributed by atoms with van der Waals surface area (Å²) in [6.07, 6.45) is 3.39. The van der Waals surface area contributed by atoms with E-state index in [0.717, 1.165) is 11.3 Å². The van der Waals surface area contributed by atoms with Gasteiger partial charge in [-0.25, -0.2) is 19.4 Å². The molecule has 0 aliphatic carbocycles. The minimum Gasteiger partial charge on any atom is -0.477 e. The van der Waals surface area contributed by atoms with Crippen LogP contribution in [0.3, 0.4) is 0 Å². The van der Waals surface area contributed by atoms with Crippen molar-refractivity contribution in [3.05, 3.63) is 44.7 Å². The Hall–Kier alpha value is -3.20. The quantitative estimate of drug-likeness (QED) is 0.295. The van der Waals surface area contributed by atoms with Gasteiger partial charge < -0.3 is 30.4 Å². The molecule has 2 unspecified atom stereocenters. The van der Waals surface area contributed by atoms with Crippen molar-refractivity contribution in [2.24, 2.45) is 0 Å². The molecule has 38 heavy (non-hydrogen) atoms. The van der Waals surface area contributed by atoms with Crippen molar-refractivity contribution in [2.75, 3.05) is 31.7 Å². The molecule has 13 nitrogen and oxygen atoms in total. The molecular formula is C22H26Cl2N8O5S. The number of thiazole rings is 1. The van der Waals surface area contributed by atoms with Crippen molar-refractivity contribution in [3.63, 3.8) is 0 Å². The summed E-state index contributed by atoms with van der Waals surface area (Å²) in [5.74, 6) is -2.26. The number of amides is 2. The van der Waals surface area contributed by atoms with Crippen LogP contribution in [0.25, 0.3) is 0 Å². The maximum absolute atomic E-state index is 13.0. The number of H-pyrrole nitrogens is 1. The summed E-state index contributed by atoms with van der Waals surface area (Å²) in [7, 11) is 1.51. The summed E-state index contributed by atoms with van der Waals surface area (Å²) >= 11 is 13.3. The third-order valence-electron chi connectivity index (χ3n) is 6.05. The van der Waals surface area contributed by atoms with E-state index in [1.807, 2.05) is 4.90 Å². The number of nitrogens with one attached hydrogen (secondary N) is 3. The maximum Gasteiger partial charge on any atom is 0.348 e. The topological polar surface area (TPSA) is 167 Å². The molecule has 1 aliphatic rings. The minimum atomic E-state index is -1.25. The molecule has 16 heteroatoms. The van der Waals surface area contributed by atoms with Crippen LogP contribution in [0.1, 0.15) is 55.7 Å². The number of carboxylic acids is 1. The Morgan fingerprint density at radius 1 is 1.32 bits per heavy atom. The van der Waals surface area contributed by atoms with Gasteiger partial charge >= 0.3 is 5.97 Å². The number of carbonyl (C=O) groups is 3. The van der Waals surface area contributed by atoms with Crippen LogP contribution < -0.4 is 15.5 Å². The number of methoxy groups -OCH3 is 1. The summed E-state index contributed by atoms with van der Waals surface area (Å²) in [5.41, 5.74) is 0.582. The second kappa shape index (κ2) is 11.7. The van der Waals surface area contributed by atoms with E-state index >= 15 is 0 Å². The highest BCUT2D eigenvalue weighted by atomic mass is 35.5. The average Bonchev–Trinajstić information content (AvgIpc) is 3.61. The molecule has 1 fully saturated rings. The first kappa shape index (κ1) is 27.8. The van der Waals surface area contributed by atoms with E-state index in [0.29, 0.717) is 30.3 Å². The van der Waals surface area contributed by atoms with Gasteiger partial charge in [-0.2, -0.15) is 5.10 Å². The normalized spacial score (nSPS) is 18.3. The smallest absolute Gasteiger partial charge is 0.348 e. The van der Waals surface area contributed by atoms with Crippen molar-refractivity contribution < 1.29 is 24.2 Å². The van der Waals surface area contributed by atoms with Crippen LogP contribution in [0.5, 0.6) is 0 Å². The average molecular weight is 585 g/mol. The van der Waals surface area contributed by atoms with Gasteiger partial charge in [0.15, 0.2) is 10.8 Å². The van der Waals surface area contributed by atoms with E-state index in [-0.39, 0.29) is 51.0 Å². The Morgan fingerprint density at radius 2 is 2.08 bits per heavy atom. The molecule has 204 valence electrons. The second-order valence-corrected chi connectivity index (χ2v) is 10.6. The van der Waals surface area contributed by atoms with E-state index in [1.54, 1.807) is 18.5 Å². The zero-order valence-corrected chi connectivity index (χ0v) is 23.0. The van der Waals surface area contributed by atoms with Gasteiger partial charge in [-0.1, -0.05) is 34.5 Å². The summed E-state index contributed by atoms with van der Waals surface area (Å²) in [5, 5.41) is 20.5. The summed E-state index contributed by atoms with van der Waals surface area (Å²) < 4.78 is 6.65. The van der Waals surface area contributed by atoms with Gasteiger partial charge in [0, 0.05) is 31.9 Å². The maximum atomic E-state index is 13.0. The first-order chi connectivity index (χ1) is 18.1. The summed E-state index contributed by atoms with van der Waals surface area (Å²) in [6.45, 7) is 4.48. The molecule has 4 heterocycles. The van der Waals surface area contributed by atoms with Gasteiger partial charge in [0.05, 0.1) is 28.7 Å². The zero-order valence-electron chi connectivity index (χ0n) is 20.7. The number of halogens is 2.